The second-order valence-corrected chi connectivity index (χ2v) is 7.36. The quantitative estimate of drug-likeness (QED) is 0.688. The Balaban J connectivity index is 1.78. The number of aliphatic hydroxyl groups is 1. The van der Waals surface area contributed by atoms with Crippen molar-refractivity contribution in [1.29, 1.82) is 0 Å². The molecule has 4 rings (SSSR count). The maximum absolute atomic E-state index is 9.21. The molecule has 3 aromatic carbocycles. The number of nitrogens with zero attached hydrogens (tertiary/aromatic N) is 2. The molecular weight excluding hydrogens is 360 g/mol. The van der Waals surface area contributed by atoms with Gasteiger partial charge in [-0.25, -0.2) is 0 Å². The van der Waals surface area contributed by atoms with Gasteiger partial charge in [0.05, 0.1) is 13.7 Å². The van der Waals surface area contributed by atoms with Crippen LogP contribution in [0.2, 0.25) is 0 Å². The van der Waals surface area contributed by atoms with E-state index in [1.165, 1.54) is 5.69 Å². The number of rotatable bonds is 6. The van der Waals surface area contributed by atoms with Gasteiger partial charge >= 0.3 is 0 Å². The van der Waals surface area contributed by atoms with Gasteiger partial charge in [-0.05, 0) is 23.3 Å². The van der Waals surface area contributed by atoms with Gasteiger partial charge in [-0.15, -0.1) is 0 Å². The van der Waals surface area contributed by atoms with E-state index in [0.717, 1.165) is 60.7 Å². The van der Waals surface area contributed by atoms with E-state index in [1.807, 2.05) is 12.1 Å². The number of hydrogen-bond acceptors (Lipinski definition) is 4. The zero-order valence-corrected chi connectivity index (χ0v) is 16.9. The van der Waals surface area contributed by atoms with Crippen molar-refractivity contribution in [2.75, 3.05) is 51.3 Å². The van der Waals surface area contributed by atoms with Crippen molar-refractivity contribution in [3.05, 3.63) is 72.8 Å². The molecule has 3 aromatic rings. The number of methoxy groups -OCH3 is 1. The zero-order chi connectivity index (χ0) is 20.1. The summed E-state index contributed by atoms with van der Waals surface area (Å²) in [5.74, 6) is 0.907. The summed E-state index contributed by atoms with van der Waals surface area (Å²) in [6, 6.07) is 25.4. The summed E-state index contributed by atoms with van der Waals surface area (Å²) in [5, 5.41) is 9.21. The first kappa shape index (κ1) is 19.5. The average Bonchev–Trinajstić information content (AvgIpc) is 2.80. The Morgan fingerprint density at radius 2 is 1.31 bits per heavy atom. The second kappa shape index (κ2) is 9.12. The van der Waals surface area contributed by atoms with Gasteiger partial charge in [0.1, 0.15) is 5.75 Å². The lowest BCUT2D eigenvalue weighted by Crippen LogP contribution is -2.47. The maximum Gasteiger partial charge on any atom is 0.134 e. The van der Waals surface area contributed by atoms with Crippen molar-refractivity contribution in [3.63, 3.8) is 0 Å². The highest BCUT2D eigenvalue weighted by Gasteiger charge is 2.21. The molecule has 0 amide bonds. The molecule has 0 aliphatic carbocycles. The van der Waals surface area contributed by atoms with E-state index in [0.29, 0.717) is 0 Å². The molecule has 4 nitrogen and oxygen atoms in total. The van der Waals surface area contributed by atoms with Crippen LogP contribution in [-0.2, 0) is 0 Å². The van der Waals surface area contributed by atoms with Gasteiger partial charge < -0.3 is 14.7 Å². The molecule has 1 aliphatic rings. The number of hydrogen-bond donors (Lipinski definition) is 1. The van der Waals surface area contributed by atoms with Crippen LogP contribution in [0, 0.1) is 0 Å². The van der Waals surface area contributed by atoms with Crippen LogP contribution < -0.4 is 9.64 Å². The Morgan fingerprint density at radius 3 is 1.76 bits per heavy atom. The van der Waals surface area contributed by atoms with E-state index in [-0.39, 0.29) is 6.61 Å². The van der Waals surface area contributed by atoms with Gasteiger partial charge in [-0.3, -0.25) is 4.90 Å². The Labute approximate surface area is 173 Å². The molecule has 1 fully saturated rings. The van der Waals surface area contributed by atoms with Crippen LogP contribution in [-0.4, -0.2) is 56.4 Å². The highest BCUT2D eigenvalue weighted by Crippen LogP contribution is 2.42. The first-order valence-electron chi connectivity index (χ1n) is 10.2. The molecular formula is C25H28N2O2. The molecule has 4 heteroatoms. The number of β-amino-alcohol motifs (C(OH)–C–C–N with tert-alkyl or cyclic N) is 1. The van der Waals surface area contributed by atoms with Gasteiger partial charge in [0.15, 0.2) is 0 Å². The summed E-state index contributed by atoms with van der Waals surface area (Å²) in [4.78, 5) is 4.75. The molecule has 0 saturated carbocycles. The van der Waals surface area contributed by atoms with Gasteiger partial charge in [-0.1, -0.05) is 60.7 Å². The van der Waals surface area contributed by atoms with Crippen LogP contribution in [0.3, 0.4) is 0 Å². The molecule has 0 bridgehead atoms. The van der Waals surface area contributed by atoms with E-state index < -0.39 is 0 Å². The number of anilines is 1. The van der Waals surface area contributed by atoms with Crippen molar-refractivity contribution in [2.45, 2.75) is 0 Å². The Kier molecular flexibility index (Phi) is 6.13. The SMILES string of the molecule is COc1c(-c2ccccc2)cc(N2CCN(CCO)CC2)cc1-c1ccccc1. The van der Waals surface area contributed by atoms with Crippen molar-refractivity contribution in [3.8, 4) is 28.0 Å². The first-order valence-corrected chi connectivity index (χ1v) is 10.2. The predicted octanol–water partition coefficient (Wildman–Crippen LogP) is 4.14. The maximum atomic E-state index is 9.21. The topological polar surface area (TPSA) is 35.9 Å². The molecule has 0 spiro atoms. The minimum atomic E-state index is 0.221. The molecule has 150 valence electrons. The second-order valence-electron chi connectivity index (χ2n) is 7.36. The van der Waals surface area contributed by atoms with Crippen molar-refractivity contribution >= 4 is 5.69 Å². The third-order valence-electron chi connectivity index (χ3n) is 5.60. The van der Waals surface area contributed by atoms with Crippen LogP contribution in [0.1, 0.15) is 0 Å². The van der Waals surface area contributed by atoms with Crippen LogP contribution >= 0.6 is 0 Å². The van der Waals surface area contributed by atoms with Gasteiger partial charge in [0.2, 0.25) is 0 Å². The number of benzene rings is 3. The molecule has 29 heavy (non-hydrogen) atoms. The van der Waals surface area contributed by atoms with Crippen molar-refractivity contribution in [1.82, 2.24) is 4.90 Å². The lowest BCUT2D eigenvalue weighted by atomic mass is 9.95. The third kappa shape index (κ3) is 4.29. The summed E-state index contributed by atoms with van der Waals surface area (Å²) in [7, 11) is 1.75. The molecule has 0 radical (unpaired) electrons. The predicted molar refractivity (Wildman–Crippen MR) is 120 cm³/mol. The van der Waals surface area contributed by atoms with Gasteiger partial charge in [0, 0.05) is 49.5 Å². The average molecular weight is 389 g/mol. The molecule has 1 heterocycles. The fourth-order valence-corrected chi connectivity index (χ4v) is 4.05. The van der Waals surface area contributed by atoms with Crippen LogP contribution in [0.5, 0.6) is 5.75 Å². The number of ether oxygens (including phenoxy) is 1. The van der Waals surface area contributed by atoms with Crippen molar-refractivity contribution in [2.24, 2.45) is 0 Å². The zero-order valence-electron chi connectivity index (χ0n) is 16.9. The largest absolute Gasteiger partial charge is 0.495 e. The summed E-state index contributed by atoms with van der Waals surface area (Å²) in [6.07, 6.45) is 0. The Bertz CT molecular complexity index is 860. The molecule has 1 saturated heterocycles. The van der Waals surface area contributed by atoms with Gasteiger partial charge in [0.25, 0.3) is 0 Å². The highest BCUT2D eigenvalue weighted by atomic mass is 16.5. The molecule has 0 aromatic heterocycles. The first-order chi connectivity index (χ1) is 14.3. The molecule has 0 atom stereocenters. The smallest absolute Gasteiger partial charge is 0.134 e. The molecule has 1 aliphatic heterocycles. The molecule has 1 N–H and O–H groups in total. The number of piperazine rings is 1. The normalized spacial score (nSPS) is 14.8. The fourth-order valence-electron chi connectivity index (χ4n) is 4.05. The standard InChI is InChI=1S/C25H28N2O2/c1-29-25-23(20-8-4-2-5-9-20)18-22(19-24(25)21-10-6-3-7-11-21)27-14-12-26(13-15-27)16-17-28/h2-11,18-19,28H,12-17H2,1H3. The highest BCUT2D eigenvalue weighted by molar-refractivity contribution is 5.86. The minimum absolute atomic E-state index is 0.221. The Hall–Kier alpha value is -2.82. The number of aliphatic hydroxyl groups excluding tert-OH is 1. The van der Waals surface area contributed by atoms with Crippen molar-refractivity contribution < 1.29 is 9.84 Å². The summed E-state index contributed by atoms with van der Waals surface area (Å²) in [6.45, 7) is 4.81. The van der Waals surface area contributed by atoms with E-state index in [4.69, 9.17) is 4.74 Å². The summed E-state index contributed by atoms with van der Waals surface area (Å²) in [5.41, 5.74) is 5.75. The van der Waals surface area contributed by atoms with Crippen LogP contribution in [0.15, 0.2) is 72.8 Å². The fraction of sp³-hybridized carbons (Fsp3) is 0.280. The Morgan fingerprint density at radius 1 is 0.793 bits per heavy atom. The van der Waals surface area contributed by atoms with Crippen LogP contribution in [0.4, 0.5) is 5.69 Å². The van der Waals surface area contributed by atoms with E-state index in [9.17, 15) is 5.11 Å². The third-order valence-corrected chi connectivity index (χ3v) is 5.60. The van der Waals surface area contributed by atoms with Gasteiger partial charge in [-0.2, -0.15) is 0 Å². The molecule has 0 unspecified atom stereocenters. The van der Waals surface area contributed by atoms with Crippen LogP contribution in [0.25, 0.3) is 22.3 Å². The lowest BCUT2D eigenvalue weighted by molar-refractivity contribution is 0.189. The monoisotopic (exact) mass is 388 g/mol. The minimum Gasteiger partial charge on any atom is -0.495 e. The summed E-state index contributed by atoms with van der Waals surface area (Å²) >= 11 is 0. The summed E-state index contributed by atoms with van der Waals surface area (Å²) < 4.78 is 5.92. The van der Waals surface area contributed by atoms with E-state index in [2.05, 4.69) is 70.5 Å². The lowest BCUT2D eigenvalue weighted by Gasteiger charge is -2.36. The van der Waals surface area contributed by atoms with E-state index in [1.54, 1.807) is 7.11 Å². The van der Waals surface area contributed by atoms with E-state index >= 15 is 0 Å².